The fraction of sp³-hybridized carbons (Fsp3) is 0.682. The Kier molecular flexibility index (Phi) is 5.74. The third-order valence-electron chi connectivity index (χ3n) is 6.65. The third kappa shape index (κ3) is 4.08. The first-order chi connectivity index (χ1) is 12.5. The quantitative estimate of drug-likeness (QED) is 0.676. The molecule has 1 heterocycles. The summed E-state index contributed by atoms with van der Waals surface area (Å²) >= 11 is 0. The molecule has 5 nitrogen and oxygen atoms in total. The lowest BCUT2D eigenvalue weighted by Crippen LogP contribution is -2.43. The molecule has 1 aromatic carbocycles. The van der Waals surface area contributed by atoms with Gasteiger partial charge in [-0.15, -0.1) is 0 Å². The van der Waals surface area contributed by atoms with Gasteiger partial charge in [0, 0.05) is 5.82 Å². The van der Waals surface area contributed by atoms with Gasteiger partial charge in [-0.1, -0.05) is 52.0 Å². The second-order valence-corrected chi connectivity index (χ2v) is 10.7. The minimum Gasteiger partial charge on any atom is -0.449 e. The molecule has 1 fully saturated rings. The summed E-state index contributed by atoms with van der Waals surface area (Å²) in [6.45, 7) is 16.7. The van der Waals surface area contributed by atoms with Gasteiger partial charge in [0.2, 0.25) is 0 Å². The lowest BCUT2D eigenvalue weighted by molar-refractivity contribution is 0.0406. The summed E-state index contributed by atoms with van der Waals surface area (Å²) < 4.78 is 5.36. The average Bonchev–Trinajstić information content (AvgIpc) is 2.63. The maximum absolute atomic E-state index is 12.2. The number of hydrogen-bond acceptors (Lipinski definition) is 4. The van der Waals surface area contributed by atoms with Crippen LogP contribution in [0.1, 0.15) is 79.3 Å². The largest absolute Gasteiger partial charge is 0.449 e. The topological polar surface area (TPSA) is 78.8 Å². The molecule has 6 heteroatoms. The molecule has 156 valence electrons. The predicted octanol–water partition coefficient (Wildman–Crippen LogP) is 4.23. The van der Waals surface area contributed by atoms with Crippen LogP contribution in [0.15, 0.2) is 24.3 Å². The number of benzene rings is 1. The highest BCUT2D eigenvalue weighted by molar-refractivity contribution is 6.57. The van der Waals surface area contributed by atoms with Crippen LogP contribution in [0.4, 0.5) is 4.79 Å². The maximum atomic E-state index is 12.2. The Morgan fingerprint density at radius 1 is 1.07 bits per heavy atom. The first-order valence-electron chi connectivity index (χ1n) is 9.98. The summed E-state index contributed by atoms with van der Waals surface area (Å²) in [4.78, 5) is 12.2. The summed E-state index contributed by atoms with van der Waals surface area (Å²) in [6, 6.07) is 7.74. The number of rotatable bonds is 3. The van der Waals surface area contributed by atoms with E-state index in [1.807, 2.05) is 86.6 Å². The van der Waals surface area contributed by atoms with Crippen molar-refractivity contribution < 1.29 is 19.7 Å². The van der Waals surface area contributed by atoms with Gasteiger partial charge in [-0.2, -0.15) is 0 Å². The summed E-state index contributed by atoms with van der Waals surface area (Å²) in [5.74, 6) is -0.346. The molecule has 1 amide bonds. The van der Waals surface area contributed by atoms with E-state index in [1.54, 1.807) is 0 Å². The van der Waals surface area contributed by atoms with E-state index >= 15 is 0 Å². The van der Waals surface area contributed by atoms with Crippen molar-refractivity contribution in [2.45, 2.75) is 90.7 Å². The van der Waals surface area contributed by atoms with E-state index in [4.69, 9.17) is 4.74 Å². The Labute approximate surface area is 170 Å². The molecule has 3 N–H and O–H groups in total. The fourth-order valence-corrected chi connectivity index (χ4v) is 3.95. The van der Waals surface area contributed by atoms with Crippen molar-refractivity contribution in [1.82, 2.24) is 5.32 Å². The molecule has 2 atom stereocenters. The van der Waals surface area contributed by atoms with Gasteiger partial charge in [0.05, 0.1) is 11.6 Å². The van der Waals surface area contributed by atoms with E-state index in [9.17, 15) is 14.9 Å². The highest BCUT2D eigenvalue weighted by atomic mass is 16.6. The molecule has 0 aliphatic carbocycles. The zero-order valence-electron chi connectivity index (χ0n) is 18.8. The van der Waals surface area contributed by atoms with Crippen LogP contribution in [0.25, 0.3) is 0 Å². The van der Waals surface area contributed by atoms with E-state index in [0.29, 0.717) is 0 Å². The molecule has 0 radical (unpaired) electrons. The molecule has 28 heavy (non-hydrogen) atoms. The summed E-state index contributed by atoms with van der Waals surface area (Å²) in [5.41, 5.74) is 0.232. The summed E-state index contributed by atoms with van der Waals surface area (Å²) in [6.07, 6.45) is -1.11. The minimum atomic E-state index is -0.642. The van der Waals surface area contributed by atoms with Crippen LogP contribution in [-0.2, 0) is 10.3 Å². The first kappa shape index (κ1) is 22.8. The zero-order valence-corrected chi connectivity index (χ0v) is 18.8. The van der Waals surface area contributed by atoms with Crippen molar-refractivity contribution in [2.75, 3.05) is 0 Å². The number of carbonyl (C=O) groups excluding carboxylic acids is 1. The Morgan fingerprint density at radius 2 is 1.57 bits per heavy atom. The number of hydrogen-bond donors (Lipinski definition) is 3. The van der Waals surface area contributed by atoms with Crippen LogP contribution in [0.5, 0.6) is 0 Å². The van der Waals surface area contributed by atoms with E-state index in [-0.39, 0.29) is 5.82 Å². The first-order valence-corrected chi connectivity index (χ1v) is 9.98. The molecule has 0 saturated carbocycles. The third-order valence-corrected chi connectivity index (χ3v) is 6.65. The smallest absolute Gasteiger partial charge is 0.408 e. The van der Waals surface area contributed by atoms with Crippen molar-refractivity contribution in [1.29, 1.82) is 0 Å². The van der Waals surface area contributed by atoms with Gasteiger partial charge in [0.25, 0.3) is 0 Å². The van der Waals surface area contributed by atoms with Gasteiger partial charge < -0.3 is 20.2 Å². The molecule has 0 aromatic heterocycles. The SMILES string of the molecule is CC(C)(C)OC(=O)NC(C)(C)c1ccc(C2B(O)C(C)(C)C(C)(C)C2O)cc1. The molecular formula is C22H36BNO4. The molecule has 2 unspecified atom stereocenters. The van der Waals surface area contributed by atoms with Crippen LogP contribution in [-0.4, -0.2) is 34.8 Å². The standard InChI is InChI=1S/C22H36BNO4/c1-19(2,3)28-18(26)24-21(6,7)15-12-10-14(11-13-15)16-17(25)20(4,5)22(8,9)23(16)27/h10-13,16-17,25,27H,1-9H3,(H,24,26). The lowest BCUT2D eigenvalue weighted by atomic mass is 9.41. The van der Waals surface area contributed by atoms with Crippen molar-refractivity contribution in [3.63, 3.8) is 0 Å². The predicted molar refractivity (Wildman–Crippen MR) is 113 cm³/mol. The average molecular weight is 389 g/mol. The lowest BCUT2D eigenvalue weighted by Gasteiger charge is -2.37. The number of ether oxygens (including phenoxy) is 1. The molecule has 1 aliphatic rings. The number of nitrogens with one attached hydrogen (secondary N) is 1. The number of alkyl carbamates (subject to hydrolysis) is 1. The molecule has 1 aromatic rings. The van der Waals surface area contributed by atoms with Crippen LogP contribution in [0, 0.1) is 5.41 Å². The van der Waals surface area contributed by atoms with Crippen LogP contribution >= 0.6 is 0 Å². The maximum Gasteiger partial charge on any atom is 0.408 e. The molecule has 1 aliphatic heterocycles. The van der Waals surface area contributed by atoms with E-state index < -0.39 is 41.0 Å². The van der Waals surface area contributed by atoms with Crippen LogP contribution in [0.3, 0.4) is 0 Å². The number of amides is 1. The van der Waals surface area contributed by atoms with Gasteiger partial charge in [0.15, 0.2) is 0 Å². The second kappa shape index (κ2) is 7.07. The second-order valence-electron chi connectivity index (χ2n) is 10.7. The Bertz CT molecular complexity index is 699. The van der Waals surface area contributed by atoms with E-state index in [0.717, 1.165) is 11.1 Å². The van der Waals surface area contributed by atoms with Crippen LogP contribution < -0.4 is 5.32 Å². The zero-order chi connectivity index (χ0) is 21.7. The van der Waals surface area contributed by atoms with Crippen molar-refractivity contribution >= 4 is 13.0 Å². The van der Waals surface area contributed by atoms with Crippen molar-refractivity contribution in [2.24, 2.45) is 5.41 Å². The molecule has 0 bridgehead atoms. The Hall–Kier alpha value is -1.53. The van der Waals surface area contributed by atoms with Gasteiger partial charge in [-0.3, -0.25) is 0 Å². The Morgan fingerprint density at radius 3 is 1.96 bits per heavy atom. The molecule has 2 rings (SSSR count). The number of aliphatic hydroxyl groups excluding tert-OH is 1. The van der Waals surface area contributed by atoms with Crippen molar-refractivity contribution in [3.05, 3.63) is 35.4 Å². The van der Waals surface area contributed by atoms with Gasteiger partial charge in [-0.25, -0.2) is 4.79 Å². The monoisotopic (exact) mass is 389 g/mol. The van der Waals surface area contributed by atoms with Gasteiger partial charge >= 0.3 is 13.0 Å². The summed E-state index contributed by atoms with van der Waals surface area (Å²) in [5, 5.41) is 24.3. The van der Waals surface area contributed by atoms with Gasteiger partial charge in [-0.05, 0) is 56.5 Å². The summed E-state index contributed by atoms with van der Waals surface area (Å²) in [7, 11) is 0. The molecule has 1 saturated heterocycles. The highest BCUT2D eigenvalue weighted by Crippen LogP contribution is 2.60. The Balaban J connectivity index is 2.23. The molecule has 0 spiro atoms. The number of carbonyl (C=O) groups is 1. The number of aliphatic hydroxyl groups is 1. The van der Waals surface area contributed by atoms with Crippen molar-refractivity contribution in [3.8, 4) is 0 Å². The van der Waals surface area contributed by atoms with E-state index in [2.05, 4.69) is 5.32 Å². The minimum absolute atomic E-state index is 0.346. The normalized spacial score (nSPS) is 24.2. The van der Waals surface area contributed by atoms with Crippen LogP contribution in [0.2, 0.25) is 5.31 Å². The van der Waals surface area contributed by atoms with E-state index in [1.165, 1.54) is 0 Å². The van der Waals surface area contributed by atoms with Gasteiger partial charge in [0.1, 0.15) is 5.60 Å². The fourth-order valence-electron chi connectivity index (χ4n) is 3.95. The highest BCUT2D eigenvalue weighted by Gasteiger charge is 2.62. The molecular weight excluding hydrogens is 353 g/mol.